The fourth-order valence-electron chi connectivity index (χ4n) is 3.01. The number of likely N-dealkylation sites (N-methyl/N-ethyl adjacent to an activating group) is 1. The molecular weight excluding hydrogens is 236 g/mol. The fourth-order valence-corrected chi connectivity index (χ4v) is 3.01. The Morgan fingerprint density at radius 3 is 2.84 bits per heavy atom. The van der Waals surface area contributed by atoms with Gasteiger partial charge in [0.1, 0.15) is 0 Å². The van der Waals surface area contributed by atoms with Crippen molar-refractivity contribution in [3.8, 4) is 0 Å². The largest absolute Gasteiger partial charge is 0.382 e. The van der Waals surface area contributed by atoms with Gasteiger partial charge < -0.3 is 10.6 Å². The summed E-state index contributed by atoms with van der Waals surface area (Å²) in [7, 11) is 0. The molecule has 3 rings (SSSR count). The van der Waals surface area contributed by atoms with Crippen molar-refractivity contribution in [2.24, 2.45) is 0 Å². The van der Waals surface area contributed by atoms with E-state index in [1.807, 2.05) is 18.2 Å². The van der Waals surface area contributed by atoms with E-state index in [1.54, 1.807) is 0 Å². The molecule has 1 aliphatic heterocycles. The van der Waals surface area contributed by atoms with Gasteiger partial charge in [0.15, 0.2) is 5.82 Å². The number of fused-ring (bicyclic) bond motifs is 1. The number of aromatic nitrogens is 2. The zero-order valence-electron chi connectivity index (χ0n) is 11.3. The predicted molar refractivity (Wildman–Crippen MR) is 78.0 cm³/mol. The standard InChI is InChI=1S/C15H20N4/c1-2-19-9-5-6-11(10-19)14-12-7-3-4-8-13(12)15(16)18-17-14/h3-4,7-8,11H,2,5-6,9-10H2,1H3,(H2,16,18). The molecule has 4 heteroatoms. The SMILES string of the molecule is CCN1CCCC(c2nnc(N)c3ccccc23)C1. The molecule has 4 nitrogen and oxygen atoms in total. The number of benzene rings is 1. The van der Waals surface area contributed by atoms with Crippen LogP contribution in [-0.2, 0) is 0 Å². The lowest BCUT2D eigenvalue weighted by atomic mass is 9.91. The van der Waals surface area contributed by atoms with Crippen LogP contribution in [0.2, 0.25) is 0 Å². The monoisotopic (exact) mass is 256 g/mol. The van der Waals surface area contributed by atoms with E-state index in [1.165, 1.54) is 19.4 Å². The van der Waals surface area contributed by atoms with Gasteiger partial charge in [0.05, 0.1) is 5.69 Å². The van der Waals surface area contributed by atoms with E-state index < -0.39 is 0 Å². The lowest BCUT2D eigenvalue weighted by molar-refractivity contribution is 0.216. The lowest BCUT2D eigenvalue weighted by Gasteiger charge is -2.31. The van der Waals surface area contributed by atoms with Gasteiger partial charge >= 0.3 is 0 Å². The van der Waals surface area contributed by atoms with E-state index in [2.05, 4.69) is 28.1 Å². The summed E-state index contributed by atoms with van der Waals surface area (Å²) < 4.78 is 0. The Balaban J connectivity index is 2.03. The number of hydrogen-bond donors (Lipinski definition) is 1. The number of hydrogen-bond acceptors (Lipinski definition) is 4. The second-order valence-electron chi connectivity index (χ2n) is 5.25. The quantitative estimate of drug-likeness (QED) is 0.896. The Morgan fingerprint density at radius 2 is 2.05 bits per heavy atom. The summed E-state index contributed by atoms with van der Waals surface area (Å²) in [5, 5.41) is 10.7. The average molecular weight is 256 g/mol. The van der Waals surface area contributed by atoms with Crippen LogP contribution in [-0.4, -0.2) is 34.7 Å². The van der Waals surface area contributed by atoms with Crippen molar-refractivity contribution in [1.29, 1.82) is 0 Å². The minimum atomic E-state index is 0.478. The first kappa shape index (κ1) is 12.4. The normalized spacial score (nSPS) is 20.8. The molecule has 1 aliphatic rings. The molecule has 1 saturated heterocycles. The van der Waals surface area contributed by atoms with E-state index in [4.69, 9.17) is 5.73 Å². The molecular formula is C15H20N4. The van der Waals surface area contributed by atoms with E-state index in [9.17, 15) is 0 Å². The van der Waals surface area contributed by atoms with Crippen LogP contribution in [0.3, 0.4) is 0 Å². The minimum absolute atomic E-state index is 0.478. The molecule has 1 atom stereocenters. The molecule has 0 amide bonds. The predicted octanol–water partition coefficient (Wildman–Crippen LogP) is 2.41. The lowest BCUT2D eigenvalue weighted by Crippen LogP contribution is -2.34. The third-order valence-electron chi connectivity index (χ3n) is 4.08. The van der Waals surface area contributed by atoms with Gasteiger partial charge in [0.25, 0.3) is 0 Å². The second-order valence-corrected chi connectivity index (χ2v) is 5.25. The second kappa shape index (κ2) is 5.13. The van der Waals surface area contributed by atoms with Crippen LogP contribution >= 0.6 is 0 Å². The smallest absolute Gasteiger partial charge is 0.153 e. The van der Waals surface area contributed by atoms with Gasteiger partial charge in [0.2, 0.25) is 0 Å². The van der Waals surface area contributed by atoms with Crippen LogP contribution < -0.4 is 5.73 Å². The molecule has 1 unspecified atom stereocenters. The van der Waals surface area contributed by atoms with Crippen molar-refractivity contribution in [1.82, 2.24) is 15.1 Å². The fraction of sp³-hybridized carbons (Fsp3) is 0.467. The molecule has 1 aromatic heterocycles. The molecule has 19 heavy (non-hydrogen) atoms. The minimum Gasteiger partial charge on any atom is -0.382 e. The molecule has 1 fully saturated rings. The summed E-state index contributed by atoms with van der Waals surface area (Å²) in [6.07, 6.45) is 2.43. The Kier molecular flexibility index (Phi) is 3.34. The van der Waals surface area contributed by atoms with Crippen LogP contribution in [0, 0.1) is 0 Å². The summed E-state index contributed by atoms with van der Waals surface area (Å²) >= 11 is 0. The topological polar surface area (TPSA) is 55.0 Å². The number of nitrogens with zero attached hydrogens (tertiary/aromatic N) is 3. The molecule has 100 valence electrons. The maximum absolute atomic E-state index is 5.92. The van der Waals surface area contributed by atoms with E-state index in [0.717, 1.165) is 29.6 Å². The van der Waals surface area contributed by atoms with Gasteiger partial charge in [-0.15, -0.1) is 5.10 Å². The maximum atomic E-state index is 5.92. The van der Waals surface area contributed by atoms with Crippen LogP contribution in [0.5, 0.6) is 0 Å². The van der Waals surface area contributed by atoms with E-state index in [0.29, 0.717) is 11.7 Å². The van der Waals surface area contributed by atoms with Gasteiger partial charge in [-0.1, -0.05) is 31.2 Å². The Hall–Kier alpha value is -1.68. The maximum Gasteiger partial charge on any atom is 0.153 e. The van der Waals surface area contributed by atoms with Crippen LogP contribution in [0.1, 0.15) is 31.4 Å². The summed E-state index contributed by atoms with van der Waals surface area (Å²) in [6.45, 7) is 5.61. The molecule has 0 saturated carbocycles. The molecule has 0 aliphatic carbocycles. The number of nitrogens with two attached hydrogens (primary N) is 1. The van der Waals surface area contributed by atoms with E-state index in [-0.39, 0.29) is 0 Å². The first-order valence-electron chi connectivity index (χ1n) is 7.02. The van der Waals surface area contributed by atoms with Crippen molar-refractivity contribution in [3.05, 3.63) is 30.0 Å². The first-order valence-corrected chi connectivity index (χ1v) is 7.02. The number of piperidine rings is 1. The molecule has 2 aromatic rings. The van der Waals surface area contributed by atoms with Gasteiger partial charge in [-0.25, -0.2) is 0 Å². The third kappa shape index (κ3) is 2.28. The third-order valence-corrected chi connectivity index (χ3v) is 4.08. The molecule has 2 N–H and O–H groups in total. The molecule has 1 aromatic carbocycles. The summed E-state index contributed by atoms with van der Waals surface area (Å²) in [4.78, 5) is 2.49. The number of likely N-dealkylation sites (tertiary alicyclic amines) is 1. The Morgan fingerprint density at radius 1 is 1.26 bits per heavy atom. The van der Waals surface area contributed by atoms with Crippen molar-refractivity contribution in [2.45, 2.75) is 25.7 Å². The van der Waals surface area contributed by atoms with Crippen molar-refractivity contribution in [3.63, 3.8) is 0 Å². The molecule has 0 radical (unpaired) electrons. The first-order chi connectivity index (χ1) is 9.29. The van der Waals surface area contributed by atoms with Crippen molar-refractivity contribution >= 4 is 16.6 Å². The molecule has 0 bridgehead atoms. The van der Waals surface area contributed by atoms with Crippen molar-refractivity contribution < 1.29 is 0 Å². The zero-order valence-corrected chi connectivity index (χ0v) is 11.3. The Labute approximate surface area is 113 Å². The van der Waals surface area contributed by atoms with Gasteiger partial charge in [-0.3, -0.25) is 0 Å². The number of anilines is 1. The number of rotatable bonds is 2. The highest BCUT2D eigenvalue weighted by Crippen LogP contribution is 2.31. The summed E-state index contributed by atoms with van der Waals surface area (Å²) in [5.41, 5.74) is 7.04. The summed E-state index contributed by atoms with van der Waals surface area (Å²) in [6, 6.07) is 8.20. The summed E-state index contributed by atoms with van der Waals surface area (Å²) in [5.74, 6) is 1.01. The van der Waals surface area contributed by atoms with Gasteiger partial charge in [-0.2, -0.15) is 5.10 Å². The van der Waals surface area contributed by atoms with Gasteiger partial charge in [0, 0.05) is 23.2 Å². The highest BCUT2D eigenvalue weighted by Gasteiger charge is 2.23. The van der Waals surface area contributed by atoms with E-state index >= 15 is 0 Å². The highest BCUT2D eigenvalue weighted by atomic mass is 15.2. The number of nitrogen functional groups attached to an aromatic ring is 1. The average Bonchev–Trinajstić information content (AvgIpc) is 2.48. The van der Waals surface area contributed by atoms with Crippen LogP contribution in [0.4, 0.5) is 5.82 Å². The Bertz CT molecular complexity index is 581. The highest BCUT2D eigenvalue weighted by molar-refractivity contribution is 5.92. The van der Waals surface area contributed by atoms with Gasteiger partial charge in [-0.05, 0) is 25.9 Å². The van der Waals surface area contributed by atoms with Crippen LogP contribution in [0.15, 0.2) is 24.3 Å². The molecule has 2 heterocycles. The van der Waals surface area contributed by atoms with Crippen LogP contribution in [0.25, 0.3) is 10.8 Å². The molecule has 0 spiro atoms. The van der Waals surface area contributed by atoms with Crippen molar-refractivity contribution in [2.75, 3.05) is 25.4 Å². The zero-order chi connectivity index (χ0) is 13.2.